The van der Waals surface area contributed by atoms with Crippen LogP contribution in [0.15, 0.2) is 97.7 Å². The van der Waals surface area contributed by atoms with Gasteiger partial charge in [-0.1, -0.05) is 35.9 Å². The summed E-state index contributed by atoms with van der Waals surface area (Å²) in [6, 6.07) is 23.6. The zero-order chi connectivity index (χ0) is 25.5. The lowest BCUT2D eigenvalue weighted by Crippen LogP contribution is -2.38. The Hall–Kier alpha value is -4.36. The third kappa shape index (κ3) is 5.82. The van der Waals surface area contributed by atoms with E-state index >= 15 is 0 Å². The average molecular weight is 501 g/mol. The number of aromatic nitrogens is 2. The summed E-state index contributed by atoms with van der Waals surface area (Å²) >= 11 is 5.94. The van der Waals surface area contributed by atoms with E-state index in [0.717, 1.165) is 17.0 Å². The molecule has 1 N–H and O–H groups in total. The number of rotatable bonds is 9. The highest BCUT2D eigenvalue weighted by atomic mass is 35.5. The van der Waals surface area contributed by atoms with Crippen LogP contribution >= 0.6 is 11.6 Å². The van der Waals surface area contributed by atoms with Gasteiger partial charge in [0.05, 0.1) is 12.8 Å². The van der Waals surface area contributed by atoms with E-state index in [2.05, 4.69) is 16.9 Å². The van der Waals surface area contributed by atoms with Crippen LogP contribution in [0.1, 0.15) is 10.4 Å². The Kier molecular flexibility index (Phi) is 7.82. The fraction of sp³-hybridized carbons (Fsp3) is 0.107. The summed E-state index contributed by atoms with van der Waals surface area (Å²) in [5.41, 5.74) is 2.81. The van der Waals surface area contributed by atoms with Crippen molar-refractivity contribution in [2.45, 2.75) is 0 Å². The van der Waals surface area contributed by atoms with Gasteiger partial charge in [-0.3, -0.25) is 19.5 Å². The molecule has 182 valence electrons. The van der Waals surface area contributed by atoms with Gasteiger partial charge in [-0.05, 0) is 60.7 Å². The van der Waals surface area contributed by atoms with Crippen molar-refractivity contribution in [3.8, 4) is 22.7 Å². The summed E-state index contributed by atoms with van der Waals surface area (Å²) in [6.45, 7) is 3.75. The third-order valence-corrected chi connectivity index (χ3v) is 5.69. The molecule has 7 nitrogen and oxygen atoms in total. The van der Waals surface area contributed by atoms with E-state index in [0.29, 0.717) is 22.2 Å². The van der Waals surface area contributed by atoms with Crippen LogP contribution in [-0.4, -0.2) is 46.5 Å². The number of benzene rings is 3. The minimum absolute atomic E-state index is 0.174. The maximum Gasteiger partial charge on any atom is 0.254 e. The minimum atomic E-state index is -0.386. The van der Waals surface area contributed by atoms with Crippen LogP contribution < -0.4 is 10.1 Å². The molecular formula is C28H25ClN4O3. The Balaban J connectivity index is 1.59. The lowest BCUT2D eigenvalue weighted by Gasteiger charge is -2.20. The van der Waals surface area contributed by atoms with Gasteiger partial charge >= 0.3 is 0 Å². The first kappa shape index (κ1) is 24.8. The molecule has 0 aliphatic carbocycles. The number of para-hydroxylation sites is 1. The van der Waals surface area contributed by atoms with Gasteiger partial charge in [0.15, 0.2) is 0 Å². The number of ether oxygens (including phenoxy) is 1. The van der Waals surface area contributed by atoms with Gasteiger partial charge in [0.25, 0.3) is 5.91 Å². The van der Waals surface area contributed by atoms with Crippen LogP contribution in [0.4, 0.5) is 5.95 Å². The molecule has 0 atom stereocenters. The molecule has 0 saturated heterocycles. The molecule has 4 aromatic rings. The molecule has 0 radical (unpaired) electrons. The molecule has 0 bridgehead atoms. The van der Waals surface area contributed by atoms with Gasteiger partial charge in [-0.25, -0.2) is 4.98 Å². The van der Waals surface area contributed by atoms with E-state index in [9.17, 15) is 9.59 Å². The van der Waals surface area contributed by atoms with Gasteiger partial charge in [0, 0.05) is 34.6 Å². The second kappa shape index (κ2) is 11.4. The highest BCUT2D eigenvalue weighted by molar-refractivity contribution is 6.30. The lowest BCUT2D eigenvalue weighted by molar-refractivity contribution is -0.116. The Morgan fingerprint density at radius 2 is 1.75 bits per heavy atom. The monoisotopic (exact) mass is 500 g/mol. The molecule has 0 aliphatic heterocycles. The van der Waals surface area contributed by atoms with Crippen LogP contribution in [-0.2, 0) is 4.79 Å². The number of carbonyl (C=O) groups excluding carboxylic acids is 2. The summed E-state index contributed by atoms with van der Waals surface area (Å²) in [4.78, 5) is 32.1. The predicted molar refractivity (Wildman–Crippen MR) is 142 cm³/mol. The van der Waals surface area contributed by atoms with Crippen molar-refractivity contribution in [3.05, 3.63) is 108 Å². The standard InChI is InChI=1S/C28H25ClN4O3/c1-3-17-32(27(35)21-9-13-22(29)14-10-21)19-26(34)31-28-30-25(20-11-15-24(36-2)16-12-20)18-33(28)23-7-5-4-6-8-23/h3-16,18H,1,17,19H2,2H3,(H,30,31,34). The van der Waals surface area contributed by atoms with E-state index < -0.39 is 0 Å². The van der Waals surface area contributed by atoms with Gasteiger partial charge in [-0.15, -0.1) is 6.58 Å². The molecule has 4 rings (SSSR count). The number of halogens is 1. The van der Waals surface area contributed by atoms with Crippen LogP contribution in [0.25, 0.3) is 16.9 Å². The summed E-state index contributed by atoms with van der Waals surface area (Å²) in [7, 11) is 1.61. The van der Waals surface area contributed by atoms with Crippen LogP contribution in [0.3, 0.4) is 0 Å². The van der Waals surface area contributed by atoms with E-state index in [-0.39, 0.29) is 24.9 Å². The topological polar surface area (TPSA) is 76.5 Å². The fourth-order valence-electron chi connectivity index (χ4n) is 3.64. The highest BCUT2D eigenvalue weighted by Gasteiger charge is 2.20. The smallest absolute Gasteiger partial charge is 0.254 e. The molecule has 8 heteroatoms. The number of amides is 2. The van der Waals surface area contributed by atoms with Crippen molar-refractivity contribution >= 4 is 29.4 Å². The molecule has 0 spiro atoms. The Bertz CT molecular complexity index is 1350. The largest absolute Gasteiger partial charge is 0.497 e. The summed E-state index contributed by atoms with van der Waals surface area (Å²) < 4.78 is 7.04. The molecule has 1 heterocycles. The molecule has 1 aromatic heterocycles. The van der Waals surface area contributed by atoms with Crippen molar-refractivity contribution < 1.29 is 14.3 Å². The van der Waals surface area contributed by atoms with Gasteiger partial charge in [0.1, 0.15) is 12.3 Å². The quantitative estimate of drug-likeness (QED) is 0.309. The van der Waals surface area contributed by atoms with E-state index in [1.165, 1.54) is 4.90 Å². The summed E-state index contributed by atoms with van der Waals surface area (Å²) in [5, 5.41) is 3.39. The lowest BCUT2D eigenvalue weighted by atomic mass is 10.1. The van der Waals surface area contributed by atoms with E-state index in [1.807, 2.05) is 60.8 Å². The van der Waals surface area contributed by atoms with Crippen LogP contribution in [0, 0.1) is 0 Å². The molecule has 0 fully saturated rings. The maximum atomic E-state index is 13.1. The summed E-state index contributed by atoms with van der Waals surface area (Å²) in [5.74, 6) is 0.396. The molecule has 3 aromatic carbocycles. The normalized spacial score (nSPS) is 10.5. The first-order valence-electron chi connectivity index (χ1n) is 11.2. The van der Waals surface area contributed by atoms with Crippen LogP contribution in [0.5, 0.6) is 5.75 Å². The third-order valence-electron chi connectivity index (χ3n) is 5.44. The van der Waals surface area contributed by atoms with E-state index in [4.69, 9.17) is 16.3 Å². The van der Waals surface area contributed by atoms with Crippen LogP contribution in [0.2, 0.25) is 5.02 Å². The number of hydrogen-bond acceptors (Lipinski definition) is 4. The number of nitrogens with one attached hydrogen (secondary N) is 1. The number of carbonyl (C=O) groups is 2. The number of methoxy groups -OCH3 is 1. The molecule has 0 saturated carbocycles. The average Bonchev–Trinajstić information content (AvgIpc) is 3.32. The summed E-state index contributed by atoms with van der Waals surface area (Å²) in [6.07, 6.45) is 3.43. The second-order valence-corrected chi connectivity index (χ2v) is 8.35. The minimum Gasteiger partial charge on any atom is -0.497 e. The van der Waals surface area contributed by atoms with E-state index in [1.54, 1.807) is 42.0 Å². The Morgan fingerprint density at radius 1 is 1.06 bits per heavy atom. The highest BCUT2D eigenvalue weighted by Crippen LogP contribution is 2.26. The van der Waals surface area contributed by atoms with Crippen molar-refractivity contribution in [3.63, 3.8) is 0 Å². The number of anilines is 1. The van der Waals surface area contributed by atoms with Crippen molar-refractivity contribution in [1.82, 2.24) is 14.5 Å². The van der Waals surface area contributed by atoms with Crippen molar-refractivity contribution in [2.75, 3.05) is 25.5 Å². The van der Waals surface area contributed by atoms with Crippen molar-refractivity contribution in [1.29, 1.82) is 0 Å². The SMILES string of the molecule is C=CCN(CC(=O)Nc1nc(-c2ccc(OC)cc2)cn1-c1ccccc1)C(=O)c1ccc(Cl)cc1. The predicted octanol–water partition coefficient (Wildman–Crippen LogP) is 5.47. The van der Waals surface area contributed by atoms with Crippen molar-refractivity contribution in [2.24, 2.45) is 0 Å². The first-order valence-corrected chi connectivity index (χ1v) is 11.6. The number of imidazole rings is 1. The van der Waals surface area contributed by atoms with Gasteiger partial charge in [-0.2, -0.15) is 0 Å². The zero-order valence-corrected chi connectivity index (χ0v) is 20.5. The van der Waals surface area contributed by atoms with Gasteiger partial charge in [0.2, 0.25) is 11.9 Å². The van der Waals surface area contributed by atoms with Gasteiger partial charge < -0.3 is 9.64 Å². The fourth-order valence-corrected chi connectivity index (χ4v) is 3.77. The Morgan fingerprint density at radius 3 is 2.39 bits per heavy atom. The number of nitrogens with zero attached hydrogens (tertiary/aromatic N) is 3. The zero-order valence-electron chi connectivity index (χ0n) is 19.7. The molecule has 0 aliphatic rings. The molecule has 36 heavy (non-hydrogen) atoms. The second-order valence-electron chi connectivity index (χ2n) is 7.91. The first-order chi connectivity index (χ1) is 17.5. The molecule has 2 amide bonds. The number of hydrogen-bond donors (Lipinski definition) is 1. The molecule has 0 unspecified atom stereocenters. The maximum absolute atomic E-state index is 13.1. The molecular weight excluding hydrogens is 476 g/mol. The Labute approximate surface area is 214 Å².